The monoisotopic (exact) mass is 492 g/mol. The van der Waals surface area contributed by atoms with Crippen LogP contribution in [0.1, 0.15) is 11.1 Å². The Balaban J connectivity index is 1.12. The van der Waals surface area contributed by atoms with Crippen LogP contribution in [0, 0.1) is 11.8 Å². The quantitative estimate of drug-likeness (QED) is 0.564. The fourth-order valence-corrected chi connectivity index (χ4v) is 5.76. The number of hydrogen-bond acceptors (Lipinski definition) is 7. The molecule has 4 aliphatic heterocycles. The molecule has 2 saturated heterocycles. The highest BCUT2D eigenvalue weighted by atomic mass is 16.7. The van der Waals surface area contributed by atoms with Crippen LogP contribution in [0.25, 0.3) is 0 Å². The molecule has 36 heavy (non-hydrogen) atoms. The van der Waals surface area contributed by atoms with Crippen LogP contribution in [-0.2, 0) is 27.3 Å². The number of nitrogens with zero attached hydrogens (tertiary/aromatic N) is 1. The largest absolute Gasteiger partial charge is 0.493 e. The molecule has 0 aliphatic carbocycles. The van der Waals surface area contributed by atoms with Crippen molar-refractivity contribution in [1.82, 2.24) is 10.2 Å². The third kappa shape index (κ3) is 3.65. The average molecular weight is 493 g/mol. The van der Waals surface area contributed by atoms with Crippen molar-refractivity contribution >= 4 is 11.8 Å². The molecule has 2 aromatic rings. The summed E-state index contributed by atoms with van der Waals surface area (Å²) in [5.41, 5.74) is 1.21. The standard InChI is InChI=1S/C27H28N2O7/c1-32-18-5-3-16(11-21(18)33-2)8-10-28-25(30)23-20-7-9-27(36-20)14-29(26(31)24(23)27)13-17-4-6-19-22(12-17)35-15-34-19/h3-7,9,11-12,20,23-24H,8,10,13-15H2,1-2H3,(H,28,30)/t20-,23+,24+,27-/m0/s1. The predicted molar refractivity (Wildman–Crippen MR) is 128 cm³/mol. The van der Waals surface area contributed by atoms with Gasteiger partial charge in [-0.25, -0.2) is 0 Å². The minimum atomic E-state index is -0.747. The number of fused-ring (bicyclic) bond motifs is 2. The van der Waals surface area contributed by atoms with E-state index in [1.165, 1.54) is 0 Å². The molecule has 4 heterocycles. The van der Waals surface area contributed by atoms with E-state index in [-0.39, 0.29) is 24.7 Å². The van der Waals surface area contributed by atoms with Gasteiger partial charge in [0, 0.05) is 13.1 Å². The van der Waals surface area contributed by atoms with Crippen molar-refractivity contribution in [2.45, 2.75) is 24.7 Å². The molecule has 0 radical (unpaired) electrons. The van der Waals surface area contributed by atoms with E-state index in [9.17, 15) is 9.59 Å². The lowest BCUT2D eigenvalue weighted by molar-refractivity contribution is -0.137. The second-order valence-electron chi connectivity index (χ2n) is 9.51. The molecule has 4 atom stereocenters. The number of amides is 2. The van der Waals surface area contributed by atoms with E-state index in [1.54, 1.807) is 19.1 Å². The first-order valence-corrected chi connectivity index (χ1v) is 12.0. The number of nitrogens with one attached hydrogen (secondary N) is 1. The van der Waals surface area contributed by atoms with Crippen LogP contribution in [0.4, 0.5) is 0 Å². The van der Waals surface area contributed by atoms with Crippen LogP contribution in [-0.4, -0.2) is 62.5 Å². The molecule has 0 aromatic heterocycles. The van der Waals surface area contributed by atoms with Crippen molar-refractivity contribution in [1.29, 1.82) is 0 Å². The van der Waals surface area contributed by atoms with E-state index in [0.717, 1.165) is 11.1 Å². The number of benzene rings is 2. The highest BCUT2D eigenvalue weighted by Crippen LogP contribution is 2.52. The minimum Gasteiger partial charge on any atom is -0.493 e. The Bertz CT molecular complexity index is 1240. The molecule has 9 nitrogen and oxygen atoms in total. The Morgan fingerprint density at radius 1 is 1.08 bits per heavy atom. The van der Waals surface area contributed by atoms with Gasteiger partial charge in [0.2, 0.25) is 18.6 Å². The fraction of sp³-hybridized carbons (Fsp3) is 0.407. The van der Waals surface area contributed by atoms with Crippen molar-refractivity contribution < 1.29 is 33.3 Å². The van der Waals surface area contributed by atoms with Gasteiger partial charge in [0.25, 0.3) is 0 Å². The number of ether oxygens (including phenoxy) is 5. The van der Waals surface area contributed by atoms with E-state index in [4.69, 9.17) is 23.7 Å². The maximum absolute atomic E-state index is 13.5. The number of likely N-dealkylation sites (tertiary alicyclic amines) is 1. The molecule has 0 saturated carbocycles. The van der Waals surface area contributed by atoms with Crippen LogP contribution in [0.2, 0.25) is 0 Å². The minimum absolute atomic E-state index is 0.0560. The zero-order valence-electron chi connectivity index (χ0n) is 20.2. The van der Waals surface area contributed by atoms with Crippen LogP contribution in [0.3, 0.4) is 0 Å². The zero-order valence-corrected chi connectivity index (χ0v) is 20.2. The summed E-state index contributed by atoms with van der Waals surface area (Å²) >= 11 is 0. The lowest BCUT2D eigenvalue weighted by Crippen LogP contribution is -2.44. The summed E-state index contributed by atoms with van der Waals surface area (Å²) in [6, 6.07) is 11.4. The molecule has 2 amide bonds. The van der Waals surface area contributed by atoms with Gasteiger partial charge in [0.15, 0.2) is 23.0 Å². The Morgan fingerprint density at radius 2 is 1.89 bits per heavy atom. The average Bonchev–Trinajstić information content (AvgIpc) is 3.65. The second-order valence-corrected chi connectivity index (χ2v) is 9.51. The number of methoxy groups -OCH3 is 2. The first kappa shape index (κ1) is 22.7. The molecule has 2 aromatic carbocycles. The Morgan fingerprint density at radius 3 is 2.72 bits per heavy atom. The van der Waals surface area contributed by atoms with Gasteiger partial charge in [-0.1, -0.05) is 24.3 Å². The van der Waals surface area contributed by atoms with Crippen molar-refractivity contribution in [3.05, 3.63) is 59.7 Å². The molecular weight excluding hydrogens is 464 g/mol. The van der Waals surface area contributed by atoms with Gasteiger partial charge in [-0.2, -0.15) is 0 Å². The lowest BCUT2D eigenvalue weighted by Gasteiger charge is -2.23. The first-order chi connectivity index (χ1) is 17.5. The summed E-state index contributed by atoms with van der Waals surface area (Å²) in [6.45, 7) is 1.49. The van der Waals surface area contributed by atoms with E-state index >= 15 is 0 Å². The Kier molecular flexibility index (Phi) is 5.52. The Labute approximate surface area is 208 Å². The molecule has 0 unspecified atom stereocenters. The topological polar surface area (TPSA) is 95.6 Å². The van der Waals surface area contributed by atoms with Gasteiger partial charge < -0.3 is 33.9 Å². The second kappa shape index (κ2) is 8.74. The van der Waals surface area contributed by atoms with Gasteiger partial charge in [-0.15, -0.1) is 0 Å². The highest BCUT2D eigenvalue weighted by molar-refractivity contribution is 5.93. The zero-order chi connectivity index (χ0) is 24.9. The smallest absolute Gasteiger partial charge is 0.231 e. The van der Waals surface area contributed by atoms with Crippen molar-refractivity contribution in [3.63, 3.8) is 0 Å². The molecule has 1 N–H and O–H groups in total. The van der Waals surface area contributed by atoms with Crippen molar-refractivity contribution in [2.24, 2.45) is 11.8 Å². The number of hydrogen-bond donors (Lipinski definition) is 1. The molecule has 2 fully saturated rings. The van der Waals surface area contributed by atoms with Gasteiger partial charge in [-0.3, -0.25) is 9.59 Å². The number of carbonyl (C=O) groups is 2. The van der Waals surface area contributed by atoms with Crippen LogP contribution < -0.4 is 24.3 Å². The van der Waals surface area contributed by atoms with E-state index < -0.39 is 17.4 Å². The van der Waals surface area contributed by atoms with Gasteiger partial charge >= 0.3 is 0 Å². The molecule has 1 spiro atoms. The van der Waals surface area contributed by atoms with Crippen molar-refractivity contribution in [2.75, 3.05) is 34.1 Å². The third-order valence-corrected chi connectivity index (χ3v) is 7.45. The lowest BCUT2D eigenvalue weighted by atomic mass is 9.77. The summed E-state index contributed by atoms with van der Waals surface area (Å²) in [7, 11) is 3.19. The predicted octanol–water partition coefficient (Wildman–Crippen LogP) is 2.07. The fourth-order valence-electron chi connectivity index (χ4n) is 5.76. The summed E-state index contributed by atoms with van der Waals surface area (Å²) in [5, 5.41) is 3.02. The molecule has 188 valence electrons. The summed E-state index contributed by atoms with van der Waals surface area (Å²) in [5.74, 6) is 1.41. The van der Waals surface area contributed by atoms with Gasteiger partial charge in [0.05, 0.1) is 38.7 Å². The normalized spacial score (nSPS) is 26.9. The van der Waals surface area contributed by atoms with Crippen LogP contribution in [0.15, 0.2) is 48.6 Å². The maximum Gasteiger partial charge on any atom is 0.231 e. The summed E-state index contributed by atoms with van der Waals surface area (Å²) < 4.78 is 27.7. The third-order valence-electron chi connectivity index (χ3n) is 7.45. The van der Waals surface area contributed by atoms with Crippen LogP contribution >= 0.6 is 0 Å². The van der Waals surface area contributed by atoms with Gasteiger partial charge in [0.1, 0.15) is 5.60 Å². The highest BCUT2D eigenvalue weighted by Gasteiger charge is 2.66. The number of carbonyl (C=O) groups excluding carboxylic acids is 2. The molecule has 6 rings (SSSR count). The maximum atomic E-state index is 13.5. The van der Waals surface area contributed by atoms with E-state index in [2.05, 4.69) is 5.32 Å². The first-order valence-electron chi connectivity index (χ1n) is 12.0. The molecule has 9 heteroatoms. The van der Waals surface area contributed by atoms with E-state index in [1.807, 2.05) is 48.6 Å². The SMILES string of the molecule is COc1ccc(CCNC(=O)[C@@H]2[C@@H]3C=C[C@@]4(CN(Cc5ccc6c(c5)OCO6)C(=O)[C@@H]24)O3)cc1OC. The summed E-state index contributed by atoms with van der Waals surface area (Å²) in [4.78, 5) is 28.5. The Hall–Kier alpha value is -3.72. The molecule has 2 bridgehead atoms. The van der Waals surface area contributed by atoms with Crippen LogP contribution in [0.5, 0.6) is 23.0 Å². The van der Waals surface area contributed by atoms with Gasteiger partial charge in [-0.05, 0) is 41.8 Å². The van der Waals surface area contributed by atoms with Crippen molar-refractivity contribution in [3.8, 4) is 23.0 Å². The summed E-state index contributed by atoms with van der Waals surface area (Å²) in [6.07, 6.45) is 4.13. The number of rotatable bonds is 8. The molecule has 4 aliphatic rings. The molecular formula is C27H28N2O7. The van der Waals surface area contributed by atoms with E-state index in [0.29, 0.717) is 49.1 Å².